The lowest BCUT2D eigenvalue weighted by molar-refractivity contribution is -0.116. The van der Waals surface area contributed by atoms with Crippen LogP contribution in [0.2, 0.25) is 0 Å². The van der Waals surface area contributed by atoms with Crippen molar-refractivity contribution in [1.29, 1.82) is 0 Å². The average Bonchev–Trinajstić information content (AvgIpc) is 3.02. The number of fused-ring (bicyclic) bond motifs is 1. The molecule has 0 aliphatic carbocycles. The number of carbonyl (C=O) groups excluding carboxylic acids is 1. The van der Waals surface area contributed by atoms with Gasteiger partial charge in [-0.1, -0.05) is 23.5 Å². The summed E-state index contributed by atoms with van der Waals surface area (Å²) in [5.41, 5.74) is 1.96. The number of carbonyl (C=O) groups is 1. The average molecular weight is 356 g/mol. The standard InChI is InChI=1S/C19H20N2O3S/c1-3-24-15-9-10-16-17(12-15)25-19(20-16)21-18(22)11-6-13-4-7-14(23-2)8-5-13/h4-5,7-10,12H,3,6,11H2,1-2H3,(H,20,21,22). The molecule has 0 saturated heterocycles. The van der Waals surface area contributed by atoms with Crippen molar-refractivity contribution in [2.75, 3.05) is 19.0 Å². The molecule has 130 valence electrons. The Morgan fingerprint density at radius 3 is 2.64 bits per heavy atom. The second-order valence-corrected chi connectivity index (χ2v) is 6.51. The fraction of sp³-hybridized carbons (Fsp3) is 0.263. The SMILES string of the molecule is CCOc1ccc2nc(NC(=O)CCc3ccc(OC)cc3)sc2c1. The van der Waals surface area contributed by atoms with Gasteiger partial charge in [-0.15, -0.1) is 0 Å². The number of hydrogen-bond donors (Lipinski definition) is 1. The van der Waals surface area contributed by atoms with E-state index in [-0.39, 0.29) is 5.91 Å². The summed E-state index contributed by atoms with van der Waals surface area (Å²) in [4.78, 5) is 16.6. The summed E-state index contributed by atoms with van der Waals surface area (Å²) in [6.07, 6.45) is 1.08. The van der Waals surface area contributed by atoms with Crippen LogP contribution in [0.3, 0.4) is 0 Å². The van der Waals surface area contributed by atoms with E-state index in [4.69, 9.17) is 9.47 Å². The normalized spacial score (nSPS) is 10.6. The molecule has 2 aromatic carbocycles. The van der Waals surface area contributed by atoms with Crippen molar-refractivity contribution in [2.45, 2.75) is 19.8 Å². The fourth-order valence-corrected chi connectivity index (χ4v) is 3.36. The topological polar surface area (TPSA) is 60.5 Å². The van der Waals surface area contributed by atoms with Crippen LogP contribution in [0.15, 0.2) is 42.5 Å². The molecule has 1 heterocycles. The van der Waals surface area contributed by atoms with Gasteiger partial charge in [-0.25, -0.2) is 4.98 Å². The molecular formula is C19H20N2O3S. The Morgan fingerprint density at radius 2 is 1.92 bits per heavy atom. The number of anilines is 1. The lowest BCUT2D eigenvalue weighted by atomic mass is 10.1. The van der Waals surface area contributed by atoms with Crippen LogP contribution >= 0.6 is 11.3 Å². The monoisotopic (exact) mass is 356 g/mol. The van der Waals surface area contributed by atoms with Crippen LogP contribution in [0, 0.1) is 0 Å². The van der Waals surface area contributed by atoms with E-state index in [9.17, 15) is 4.79 Å². The van der Waals surface area contributed by atoms with Crippen LogP contribution in [-0.2, 0) is 11.2 Å². The third kappa shape index (κ3) is 4.48. The van der Waals surface area contributed by atoms with Gasteiger partial charge in [-0.05, 0) is 49.2 Å². The predicted octanol–water partition coefficient (Wildman–Crippen LogP) is 4.27. The van der Waals surface area contributed by atoms with Crippen molar-refractivity contribution in [3.05, 3.63) is 48.0 Å². The van der Waals surface area contributed by atoms with Crippen LogP contribution in [0.1, 0.15) is 18.9 Å². The van der Waals surface area contributed by atoms with E-state index in [2.05, 4.69) is 10.3 Å². The van der Waals surface area contributed by atoms with Gasteiger partial charge in [0.05, 0.1) is 23.9 Å². The number of aryl methyl sites for hydroxylation is 1. The molecule has 3 rings (SSSR count). The van der Waals surface area contributed by atoms with E-state index < -0.39 is 0 Å². The Bertz CT molecular complexity index is 859. The Morgan fingerprint density at radius 1 is 1.16 bits per heavy atom. The molecule has 0 atom stereocenters. The van der Waals surface area contributed by atoms with E-state index in [1.807, 2.05) is 49.4 Å². The summed E-state index contributed by atoms with van der Waals surface area (Å²) < 4.78 is 11.6. The van der Waals surface area contributed by atoms with Crippen molar-refractivity contribution in [1.82, 2.24) is 4.98 Å². The van der Waals surface area contributed by atoms with Gasteiger partial charge in [0.15, 0.2) is 5.13 Å². The summed E-state index contributed by atoms with van der Waals surface area (Å²) >= 11 is 1.45. The molecule has 1 amide bonds. The number of nitrogens with zero attached hydrogens (tertiary/aromatic N) is 1. The second kappa shape index (κ2) is 7.98. The molecule has 6 heteroatoms. The number of nitrogens with one attached hydrogen (secondary N) is 1. The molecule has 0 saturated carbocycles. The highest BCUT2D eigenvalue weighted by Crippen LogP contribution is 2.29. The quantitative estimate of drug-likeness (QED) is 0.686. The van der Waals surface area contributed by atoms with Crippen molar-refractivity contribution in [3.63, 3.8) is 0 Å². The van der Waals surface area contributed by atoms with E-state index in [0.29, 0.717) is 24.6 Å². The number of hydrogen-bond acceptors (Lipinski definition) is 5. The molecule has 1 aromatic heterocycles. The molecular weight excluding hydrogens is 336 g/mol. The summed E-state index contributed by atoms with van der Waals surface area (Å²) in [5, 5.41) is 3.49. The number of methoxy groups -OCH3 is 1. The number of rotatable bonds is 7. The number of benzene rings is 2. The van der Waals surface area contributed by atoms with E-state index in [1.54, 1.807) is 7.11 Å². The van der Waals surface area contributed by atoms with Crippen LogP contribution in [-0.4, -0.2) is 24.6 Å². The highest BCUT2D eigenvalue weighted by atomic mass is 32.1. The van der Waals surface area contributed by atoms with Gasteiger partial charge in [-0.2, -0.15) is 0 Å². The summed E-state index contributed by atoms with van der Waals surface area (Å²) in [6, 6.07) is 13.5. The van der Waals surface area contributed by atoms with Crippen molar-refractivity contribution < 1.29 is 14.3 Å². The van der Waals surface area contributed by atoms with Gasteiger partial charge in [0.1, 0.15) is 11.5 Å². The second-order valence-electron chi connectivity index (χ2n) is 5.48. The maximum atomic E-state index is 12.2. The van der Waals surface area contributed by atoms with Gasteiger partial charge < -0.3 is 14.8 Å². The van der Waals surface area contributed by atoms with Crippen LogP contribution < -0.4 is 14.8 Å². The van der Waals surface area contributed by atoms with Crippen molar-refractivity contribution >= 4 is 32.6 Å². The first-order chi connectivity index (χ1) is 12.2. The summed E-state index contributed by atoms with van der Waals surface area (Å²) in [7, 11) is 1.64. The van der Waals surface area contributed by atoms with Gasteiger partial charge in [0.2, 0.25) is 5.91 Å². The van der Waals surface area contributed by atoms with Crippen LogP contribution in [0.25, 0.3) is 10.2 Å². The molecule has 0 aliphatic rings. The first-order valence-electron chi connectivity index (χ1n) is 8.14. The Kier molecular flexibility index (Phi) is 5.50. The Balaban J connectivity index is 1.59. The molecule has 0 unspecified atom stereocenters. The molecule has 0 aliphatic heterocycles. The zero-order valence-electron chi connectivity index (χ0n) is 14.2. The fourth-order valence-electron chi connectivity index (χ4n) is 2.45. The Labute approximate surface area is 150 Å². The zero-order valence-corrected chi connectivity index (χ0v) is 15.1. The van der Waals surface area contributed by atoms with E-state index in [1.165, 1.54) is 11.3 Å². The largest absolute Gasteiger partial charge is 0.497 e. The first kappa shape index (κ1) is 17.2. The van der Waals surface area contributed by atoms with Gasteiger partial charge in [-0.3, -0.25) is 4.79 Å². The molecule has 0 bridgehead atoms. The Hall–Kier alpha value is -2.60. The maximum absolute atomic E-state index is 12.2. The third-order valence-corrected chi connectivity index (χ3v) is 4.65. The lowest BCUT2D eigenvalue weighted by Crippen LogP contribution is -2.12. The van der Waals surface area contributed by atoms with E-state index >= 15 is 0 Å². The predicted molar refractivity (Wildman–Crippen MR) is 101 cm³/mol. The number of amides is 1. The first-order valence-corrected chi connectivity index (χ1v) is 8.95. The van der Waals surface area contributed by atoms with Crippen molar-refractivity contribution in [3.8, 4) is 11.5 Å². The van der Waals surface area contributed by atoms with Crippen LogP contribution in [0.4, 0.5) is 5.13 Å². The highest BCUT2D eigenvalue weighted by molar-refractivity contribution is 7.22. The molecule has 5 nitrogen and oxygen atoms in total. The van der Waals surface area contributed by atoms with Crippen LogP contribution in [0.5, 0.6) is 11.5 Å². The molecule has 0 radical (unpaired) electrons. The molecule has 0 spiro atoms. The molecule has 25 heavy (non-hydrogen) atoms. The number of aromatic nitrogens is 1. The zero-order chi connectivity index (χ0) is 17.6. The van der Waals surface area contributed by atoms with Gasteiger partial charge in [0.25, 0.3) is 0 Å². The minimum absolute atomic E-state index is 0.0418. The van der Waals surface area contributed by atoms with Gasteiger partial charge in [0, 0.05) is 6.42 Å². The summed E-state index contributed by atoms with van der Waals surface area (Å²) in [6.45, 7) is 2.57. The highest BCUT2D eigenvalue weighted by Gasteiger charge is 2.09. The lowest BCUT2D eigenvalue weighted by Gasteiger charge is -2.03. The molecule has 0 fully saturated rings. The van der Waals surface area contributed by atoms with E-state index in [0.717, 1.165) is 27.3 Å². The molecule has 1 N–H and O–H groups in total. The van der Waals surface area contributed by atoms with Gasteiger partial charge >= 0.3 is 0 Å². The minimum atomic E-state index is -0.0418. The third-order valence-electron chi connectivity index (χ3n) is 3.72. The minimum Gasteiger partial charge on any atom is -0.497 e. The molecule has 3 aromatic rings. The number of thiazole rings is 1. The maximum Gasteiger partial charge on any atom is 0.226 e. The van der Waals surface area contributed by atoms with Crippen molar-refractivity contribution in [2.24, 2.45) is 0 Å². The number of ether oxygens (including phenoxy) is 2. The smallest absolute Gasteiger partial charge is 0.226 e. The summed E-state index contributed by atoms with van der Waals surface area (Å²) in [5.74, 6) is 1.59.